The number of H-pyrrole nitrogens is 2. The van der Waals surface area contributed by atoms with Crippen molar-refractivity contribution in [3.05, 3.63) is 45.9 Å². The minimum atomic E-state index is -0.0431. The number of aromatic nitrogens is 2. The first-order valence-electron chi connectivity index (χ1n) is 8.66. The molecule has 1 aromatic carbocycles. The lowest BCUT2D eigenvalue weighted by atomic mass is 9.94. The van der Waals surface area contributed by atoms with Crippen LogP contribution >= 0.6 is 0 Å². The van der Waals surface area contributed by atoms with Gasteiger partial charge in [0.05, 0.1) is 0 Å². The van der Waals surface area contributed by atoms with Crippen molar-refractivity contribution in [3.8, 4) is 11.5 Å². The Morgan fingerprint density at radius 1 is 1.12 bits per heavy atom. The fraction of sp³-hybridized carbons (Fsp3) is 0.500. The lowest BCUT2D eigenvalue weighted by Gasteiger charge is -2.32. The van der Waals surface area contributed by atoms with Crippen LogP contribution in [0.25, 0.3) is 0 Å². The summed E-state index contributed by atoms with van der Waals surface area (Å²) >= 11 is 0. The van der Waals surface area contributed by atoms with Crippen molar-refractivity contribution < 1.29 is 9.47 Å². The monoisotopic (exact) mass is 329 g/mol. The maximum Gasteiger partial charge on any atom is 0.264 e. The zero-order valence-electron chi connectivity index (χ0n) is 13.7. The van der Waals surface area contributed by atoms with E-state index in [0.717, 1.165) is 49.7 Å². The highest BCUT2D eigenvalue weighted by Crippen LogP contribution is 2.31. The number of benzene rings is 1. The van der Waals surface area contributed by atoms with Crippen molar-refractivity contribution in [2.45, 2.75) is 25.2 Å². The van der Waals surface area contributed by atoms with E-state index in [1.165, 1.54) is 12.0 Å². The number of likely N-dealkylation sites (tertiary alicyclic amines) is 1. The molecule has 128 valence electrons. The van der Waals surface area contributed by atoms with Gasteiger partial charge in [0.2, 0.25) is 0 Å². The molecule has 2 aliphatic rings. The van der Waals surface area contributed by atoms with E-state index in [0.29, 0.717) is 19.1 Å². The molecule has 1 unspecified atom stereocenters. The molecule has 24 heavy (non-hydrogen) atoms. The van der Waals surface area contributed by atoms with E-state index in [2.05, 4.69) is 27.2 Å². The Kier molecular flexibility index (Phi) is 4.30. The van der Waals surface area contributed by atoms with Crippen LogP contribution in [0, 0.1) is 0 Å². The first-order chi connectivity index (χ1) is 11.8. The molecule has 2 aromatic rings. The highest BCUT2D eigenvalue weighted by Gasteiger charge is 2.22. The van der Waals surface area contributed by atoms with Gasteiger partial charge in [-0.1, -0.05) is 6.07 Å². The predicted molar refractivity (Wildman–Crippen MR) is 91.0 cm³/mol. The summed E-state index contributed by atoms with van der Waals surface area (Å²) in [5.41, 5.74) is 2.26. The summed E-state index contributed by atoms with van der Waals surface area (Å²) in [5.74, 6) is 2.12. The van der Waals surface area contributed by atoms with Crippen LogP contribution in [0.4, 0.5) is 0 Å². The molecule has 0 saturated carbocycles. The minimum absolute atomic E-state index is 0.0431. The number of ether oxygens (including phenoxy) is 2. The van der Waals surface area contributed by atoms with Gasteiger partial charge < -0.3 is 19.5 Å². The SMILES string of the molecule is O=c1cc(C2CCCN(CCc3ccc4c(c3)OCCO4)C2)[nH][nH]1. The van der Waals surface area contributed by atoms with E-state index >= 15 is 0 Å². The van der Waals surface area contributed by atoms with Gasteiger partial charge in [0.15, 0.2) is 11.5 Å². The van der Waals surface area contributed by atoms with E-state index in [1.54, 1.807) is 6.07 Å². The summed E-state index contributed by atoms with van der Waals surface area (Å²) in [7, 11) is 0. The third kappa shape index (κ3) is 3.33. The molecule has 6 heteroatoms. The molecule has 0 spiro atoms. The Balaban J connectivity index is 1.36. The average Bonchev–Trinajstić information content (AvgIpc) is 3.06. The first kappa shape index (κ1) is 15.3. The summed E-state index contributed by atoms with van der Waals surface area (Å²) in [6.45, 7) is 4.39. The molecule has 3 heterocycles. The highest BCUT2D eigenvalue weighted by atomic mass is 16.6. The lowest BCUT2D eigenvalue weighted by molar-refractivity contribution is 0.171. The van der Waals surface area contributed by atoms with Crippen LogP contribution in [0.3, 0.4) is 0 Å². The Morgan fingerprint density at radius 2 is 2.00 bits per heavy atom. The number of aromatic amines is 2. The van der Waals surface area contributed by atoms with E-state index < -0.39 is 0 Å². The van der Waals surface area contributed by atoms with Crippen molar-refractivity contribution in [2.24, 2.45) is 0 Å². The summed E-state index contributed by atoms with van der Waals surface area (Å²) < 4.78 is 11.2. The number of hydrogen-bond donors (Lipinski definition) is 2. The van der Waals surface area contributed by atoms with Gasteiger partial charge in [-0.15, -0.1) is 0 Å². The molecule has 0 radical (unpaired) electrons. The van der Waals surface area contributed by atoms with Crippen LogP contribution in [0.1, 0.15) is 30.0 Å². The van der Waals surface area contributed by atoms with Gasteiger partial charge in [-0.3, -0.25) is 9.89 Å². The number of piperidine rings is 1. The number of fused-ring (bicyclic) bond motifs is 1. The molecule has 2 N–H and O–H groups in total. The second kappa shape index (κ2) is 6.73. The molecule has 0 aliphatic carbocycles. The maximum absolute atomic E-state index is 11.3. The fourth-order valence-electron chi connectivity index (χ4n) is 3.61. The van der Waals surface area contributed by atoms with E-state index in [-0.39, 0.29) is 5.56 Å². The van der Waals surface area contributed by atoms with Crippen LogP contribution in [-0.2, 0) is 6.42 Å². The van der Waals surface area contributed by atoms with Crippen LogP contribution in [-0.4, -0.2) is 47.9 Å². The maximum atomic E-state index is 11.3. The normalized spacial score (nSPS) is 20.9. The molecule has 1 atom stereocenters. The van der Waals surface area contributed by atoms with E-state index in [9.17, 15) is 4.79 Å². The highest BCUT2D eigenvalue weighted by molar-refractivity contribution is 5.43. The number of nitrogens with zero attached hydrogens (tertiary/aromatic N) is 1. The van der Waals surface area contributed by atoms with Gasteiger partial charge in [-0.25, -0.2) is 0 Å². The third-order valence-electron chi connectivity index (χ3n) is 4.89. The molecule has 2 aliphatic heterocycles. The molecular formula is C18H23N3O3. The van der Waals surface area contributed by atoms with Crippen molar-refractivity contribution >= 4 is 0 Å². The molecule has 0 bridgehead atoms. The second-order valence-electron chi connectivity index (χ2n) is 6.58. The summed E-state index contributed by atoms with van der Waals surface area (Å²) in [5, 5.41) is 5.65. The average molecular weight is 329 g/mol. The molecule has 1 saturated heterocycles. The van der Waals surface area contributed by atoms with Gasteiger partial charge in [0.25, 0.3) is 5.56 Å². The van der Waals surface area contributed by atoms with Crippen LogP contribution in [0.2, 0.25) is 0 Å². The Hall–Kier alpha value is -2.21. The van der Waals surface area contributed by atoms with Gasteiger partial charge in [0.1, 0.15) is 13.2 Å². The summed E-state index contributed by atoms with van der Waals surface area (Å²) in [6.07, 6.45) is 3.29. The molecular weight excluding hydrogens is 306 g/mol. The van der Waals surface area contributed by atoms with Crippen molar-refractivity contribution in [2.75, 3.05) is 32.8 Å². The van der Waals surface area contributed by atoms with Crippen LogP contribution in [0.15, 0.2) is 29.1 Å². The third-order valence-corrected chi connectivity index (χ3v) is 4.89. The van der Waals surface area contributed by atoms with Crippen molar-refractivity contribution in [1.82, 2.24) is 15.1 Å². The van der Waals surface area contributed by atoms with Gasteiger partial charge >= 0.3 is 0 Å². The minimum Gasteiger partial charge on any atom is -0.486 e. The number of rotatable bonds is 4. The first-order valence-corrected chi connectivity index (χ1v) is 8.66. The standard InChI is InChI=1S/C18H23N3O3/c22-18-11-15(19-20-18)14-2-1-6-21(12-14)7-5-13-3-4-16-17(10-13)24-9-8-23-16/h3-4,10-11,14H,1-2,5-9,12H2,(H2,19,20,22). The Bertz CT molecular complexity index is 752. The Morgan fingerprint density at radius 3 is 2.83 bits per heavy atom. The number of hydrogen-bond acceptors (Lipinski definition) is 4. The predicted octanol–water partition coefficient (Wildman–Crippen LogP) is 1.90. The van der Waals surface area contributed by atoms with Crippen molar-refractivity contribution in [1.29, 1.82) is 0 Å². The van der Waals surface area contributed by atoms with Crippen molar-refractivity contribution in [3.63, 3.8) is 0 Å². The lowest BCUT2D eigenvalue weighted by Crippen LogP contribution is -2.36. The van der Waals surface area contributed by atoms with Gasteiger partial charge in [0, 0.05) is 30.8 Å². The molecule has 1 fully saturated rings. The quantitative estimate of drug-likeness (QED) is 0.899. The van der Waals surface area contributed by atoms with Gasteiger partial charge in [-0.2, -0.15) is 0 Å². The summed E-state index contributed by atoms with van der Waals surface area (Å²) in [6, 6.07) is 7.92. The molecule has 1 aromatic heterocycles. The smallest absolute Gasteiger partial charge is 0.264 e. The molecule has 4 rings (SSSR count). The molecule has 6 nitrogen and oxygen atoms in total. The zero-order valence-corrected chi connectivity index (χ0v) is 13.7. The van der Waals surface area contributed by atoms with E-state index in [4.69, 9.17) is 9.47 Å². The van der Waals surface area contributed by atoms with Gasteiger partial charge in [-0.05, 0) is 43.5 Å². The van der Waals surface area contributed by atoms with E-state index in [1.807, 2.05) is 6.07 Å². The summed E-state index contributed by atoms with van der Waals surface area (Å²) in [4.78, 5) is 13.8. The topological polar surface area (TPSA) is 70.3 Å². The Labute approximate surface area is 140 Å². The molecule has 0 amide bonds. The largest absolute Gasteiger partial charge is 0.486 e. The number of nitrogens with one attached hydrogen (secondary N) is 2. The van der Waals surface area contributed by atoms with Crippen LogP contribution in [0.5, 0.6) is 11.5 Å². The fourth-order valence-corrected chi connectivity index (χ4v) is 3.61. The second-order valence-corrected chi connectivity index (χ2v) is 6.58. The van der Waals surface area contributed by atoms with Crippen LogP contribution < -0.4 is 15.0 Å². The zero-order chi connectivity index (χ0) is 16.4.